The lowest BCUT2D eigenvalue weighted by Gasteiger charge is -2.36. The van der Waals surface area contributed by atoms with E-state index in [1.54, 1.807) is 26.0 Å². The van der Waals surface area contributed by atoms with Gasteiger partial charge in [-0.15, -0.1) is 0 Å². The van der Waals surface area contributed by atoms with E-state index in [-0.39, 0.29) is 41.3 Å². The maximum atomic E-state index is 13.8. The third-order valence-corrected chi connectivity index (χ3v) is 7.47. The molecule has 2 heterocycles. The Labute approximate surface area is 221 Å². The van der Waals surface area contributed by atoms with Crippen LogP contribution in [0.15, 0.2) is 80.5 Å². The molecule has 0 fully saturated rings. The number of rotatable bonds is 5. The van der Waals surface area contributed by atoms with Crippen molar-refractivity contribution in [3.05, 3.63) is 98.2 Å². The predicted molar refractivity (Wildman–Crippen MR) is 147 cm³/mol. The smallest absolute Gasteiger partial charge is 0.336 e. The van der Waals surface area contributed by atoms with Crippen LogP contribution in [0.25, 0.3) is 11.0 Å². The van der Waals surface area contributed by atoms with E-state index >= 15 is 0 Å². The van der Waals surface area contributed by atoms with Crippen molar-refractivity contribution in [1.29, 1.82) is 0 Å². The summed E-state index contributed by atoms with van der Waals surface area (Å²) in [5, 5.41) is 3.75. The highest BCUT2D eigenvalue weighted by molar-refractivity contribution is 6.04. The van der Waals surface area contributed by atoms with Crippen LogP contribution in [-0.2, 0) is 14.3 Å². The van der Waals surface area contributed by atoms with Crippen LogP contribution in [0.5, 0.6) is 0 Å². The molecule has 0 saturated carbocycles. The number of anilines is 1. The number of aryl methyl sites for hydroxylation is 1. The number of nitrogens with one attached hydrogen (secondary N) is 1. The Morgan fingerprint density at radius 2 is 1.82 bits per heavy atom. The second-order valence-corrected chi connectivity index (χ2v) is 10.2. The van der Waals surface area contributed by atoms with Crippen LogP contribution < -0.4 is 15.6 Å². The summed E-state index contributed by atoms with van der Waals surface area (Å²) in [5.74, 6) is -1.52. The van der Waals surface area contributed by atoms with E-state index < -0.39 is 11.9 Å². The lowest BCUT2D eigenvalue weighted by Crippen LogP contribution is -2.37. The first-order valence-corrected chi connectivity index (χ1v) is 12.9. The predicted octanol–water partition coefficient (Wildman–Crippen LogP) is 5.09. The number of hydrogen-bond donors (Lipinski definition) is 1. The van der Waals surface area contributed by atoms with Crippen LogP contribution in [0.2, 0.25) is 0 Å². The summed E-state index contributed by atoms with van der Waals surface area (Å²) in [7, 11) is 3.98. The average Bonchev–Trinajstić information content (AvgIpc) is 2.88. The minimum Gasteiger partial charge on any atom is -0.464 e. The molecule has 1 aromatic heterocycles. The molecule has 1 N–H and O–H groups in total. The Balaban J connectivity index is 1.63. The second-order valence-electron chi connectivity index (χ2n) is 10.2. The highest BCUT2D eigenvalue weighted by Crippen LogP contribution is 2.45. The fraction of sp³-hybridized carbons (Fsp3) is 0.323. The van der Waals surface area contributed by atoms with Crippen LogP contribution >= 0.6 is 0 Å². The van der Waals surface area contributed by atoms with Gasteiger partial charge < -0.3 is 19.4 Å². The zero-order chi connectivity index (χ0) is 27.1. The van der Waals surface area contributed by atoms with Crippen LogP contribution in [-0.4, -0.2) is 32.5 Å². The minimum absolute atomic E-state index is 0.0155. The van der Waals surface area contributed by atoms with Gasteiger partial charge in [-0.05, 0) is 62.9 Å². The summed E-state index contributed by atoms with van der Waals surface area (Å²) in [5.41, 5.74) is 5.58. The summed E-state index contributed by atoms with van der Waals surface area (Å²) < 4.78 is 11.2. The Bertz CT molecular complexity index is 1560. The number of carbonyl (C=O) groups excluding carboxylic acids is 2. The maximum absolute atomic E-state index is 13.8. The Hall–Kier alpha value is -4.13. The van der Waals surface area contributed by atoms with E-state index in [0.29, 0.717) is 28.7 Å². The van der Waals surface area contributed by atoms with Crippen molar-refractivity contribution in [1.82, 2.24) is 5.32 Å². The van der Waals surface area contributed by atoms with Gasteiger partial charge in [0.25, 0.3) is 0 Å². The van der Waals surface area contributed by atoms with Gasteiger partial charge in [0, 0.05) is 48.7 Å². The number of hydrogen-bond acceptors (Lipinski definition) is 7. The fourth-order valence-electron chi connectivity index (χ4n) is 5.57. The first-order chi connectivity index (χ1) is 18.2. The summed E-state index contributed by atoms with van der Waals surface area (Å²) in [4.78, 5) is 42.8. The van der Waals surface area contributed by atoms with E-state index in [4.69, 9.17) is 9.15 Å². The Morgan fingerprint density at radius 1 is 1.08 bits per heavy atom. The van der Waals surface area contributed by atoms with Gasteiger partial charge in [-0.2, -0.15) is 0 Å². The third-order valence-electron chi connectivity index (χ3n) is 7.47. The molecule has 1 aliphatic heterocycles. The van der Waals surface area contributed by atoms with Crippen LogP contribution in [0.3, 0.4) is 0 Å². The van der Waals surface area contributed by atoms with Crippen LogP contribution in [0.1, 0.15) is 55.2 Å². The number of esters is 1. The molecule has 196 valence electrons. The molecule has 7 heteroatoms. The van der Waals surface area contributed by atoms with Gasteiger partial charge in [0.2, 0.25) is 0 Å². The number of allylic oxidation sites excluding steroid dienone is 3. The number of benzene rings is 2. The molecule has 5 rings (SSSR count). The molecule has 2 atom stereocenters. The SMILES string of the molecule is CCOC(=O)C1=C(C)NC2=C(C(=O)C[C@H](c3ccc(N(C)C)cc3)C2)[C@H]1c1coc2ccc(C)cc2c1=O. The molecule has 2 aromatic carbocycles. The number of ketones is 1. The van der Waals surface area contributed by atoms with Crippen molar-refractivity contribution < 1.29 is 18.7 Å². The van der Waals surface area contributed by atoms with Crippen molar-refractivity contribution in [3.63, 3.8) is 0 Å². The summed E-state index contributed by atoms with van der Waals surface area (Å²) in [6.07, 6.45) is 2.27. The fourth-order valence-corrected chi connectivity index (χ4v) is 5.57. The molecular formula is C31H32N2O5. The van der Waals surface area contributed by atoms with Gasteiger partial charge in [0.1, 0.15) is 5.58 Å². The minimum atomic E-state index is -0.865. The molecule has 0 radical (unpaired) electrons. The van der Waals surface area contributed by atoms with Crippen molar-refractivity contribution in [2.75, 3.05) is 25.6 Å². The van der Waals surface area contributed by atoms with E-state index in [2.05, 4.69) is 17.4 Å². The summed E-state index contributed by atoms with van der Waals surface area (Å²) >= 11 is 0. The van der Waals surface area contributed by atoms with Gasteiger partial charge in [0.05, 0.1) is 29.7 Å². The van der Waals surface area contributed by atoms with E-state index in [1.165, 1.54) is 6.26 Å². The molecule has 0 amide bonds. The molecule has 0 saturated heterocycles. The van der Waals surface area contributed by atoms with Gasteiger partial charge >= 0.3 is 5.97 Å². The van der Waals surface area contributed by atoms with Gasteiger partial charge in [0.15, 0.2) is 11.2 Å². The van der Waals surface area contributed by atoms with Crippen LogP contribution in [0.4, 0.5) is 5.69 Å². The number of Topliss-reactive ketones (excluding diaryl/α,β-unsaturated/α-hetero) is 1. The quantitative estimate of drug-likeness (QED) is 0.476. The number of carbonyl (C=O) groups is 2. The maximum Gasteiger partial charge on any atom is 0.336 e. The molecule has 2 aliphatic rings. The lowest BCUT2D eigenvalue weighted by molar-refractivity contribution is -0.138. The highest BCUT2D eigenvalue weighted by Gasteiger charge is 2.42. The molecule has 7 nitrogen and oxygen atoms in total. The second kappa shape index (κ2) is 9.97. The first-order valence-electron chi connectivity index (χ1n) is 12.9. The Kier molecular flexibility index (Phi) is 6.69. The molecule has 3 aromatic rings. The normalized spacial score (nSPS) is 19.3. The number of dihydropyridines is 1. The molecule has 1 aliphatic carbocycles. The van der Waals surface area contributed by atoms with Crippen molar-refractivity contribution in [2.45, 2.75) is 45.4 Å². The standard InChI is InChI=1S/C31H32N2O5/c1-6-37-31(36)27-18(3)32-24-14-20(19-8-10-21(11-9-19)33(4)5)15-25(34)29(24)28(27)23-16-38-26-12-7-17(2)13-22(26)30(23)35/h7-13,16,20,28,32H,6,14-15H2,1-5H3/t20-,28+/m1/s1. The summed E-state index contributed by atoms with van der Waals surface area (Å²) in [6.45, 7) is 5.60. The van der Waals surface area contributed by atoms with Gasteiger partial charge in [-0.1, -0.05) is 23.8 Å². The molecular weight excluding hydrogens is 480 g/mol. The highest BCUT2D eigenvalue weighted by atomic mass is 16.5. The first kappa shape index (κ1) is 25.5. The van der Waals surface area contributed by atoms with Crippen LogP contribution in [0, 0.1) is 6.92 Å². The lowest BCUT2D eigenvalue weighted by atomic mass is 9.72. The Morgan fingerprint density at radius 3 is 2.50 bits per heavy atom. The molecule has 0 spiro atoms. The third kappa shape index (κ3) is 4.42. The average molecular weight is 513 g/mol. The van der Waals surface area contributed by atoms with Crippen molar-refractivity contribution >= 4 is 28.4 Å². The monoisotopic (exact) mass is 512 g/mol. The van der Waals surface area contributed by atoms with E-state index in [9.17, 15) is 14.4 Å². The van der Waals surface area contributed by atoms with E-state index in [0.717, 1.165) is 22.5 Å². The number of nitrogens with zero attached hydrogens (tertiary/aromatic N) is 1. The molecule has 0 unspecified atom stereocenters. The zero-order valence-corrected chi connectivity index (χ0v) is 22.4. The largest absolute Gasteiger partial charge is 0.464 e. The molecule has 0 bridgehead atoms. The van der Waals surface area contributed by atoms with Gasteiger partial charge in [-0.25, -0.2) is 4.79 Å². The topological polar surface area (TPSA) is 88.8 Å². The number of fused-ring (bicyclic) bond motifs is 1. The van der Waals surface area contributed by atoms with Gasteiger partial charge in [-0.3, -0.25) is 9.59 Å². The van der Waals surface area contributed by atoms with E-state index in [1.807, 2.05) is 44.1 Å². The van der Waals surface area contributed by atoms with Crippen molar-refractivity contribution in [2.24, 2.45) is 0 Å². The molecule has 38 heavy (non-hydrogen) atoms. The zero-order valence-electron chi connectivity index (χ0n) is 22.4. The van der Waals surface area contributed by atoms with Crippen molar-refractivity contribution in [3.8, 4) is 0 Å². The summed E-state index contributed by atoms with van der Waals surface area (Å²) in [6, 6.07) is 13.6. The number of ether oxygens (including phenoxy) is 1.